The summed E-state index contributed by atoms with van der Waals surface area (Å²) in [5.41, 5.74) is 0.773. The van der Waals surface area contributed by atoms with Gasteiger partial charge in [0.1, 0.15) is 0 Å². The number of rotatable bonds is 8. The van der Waals surface area contributed by atoms with Gasteiger partial charge in [-0.15, -0.1) is 0 Å². The molecule has 0 radical (unpaired) electrons. The largest absolute Gasteiger partial charge is 0.289 e. The molecular formula is C18H26O. The third kappa shape index (κ3) is 5.87. The van der Waals surface area contributed by atoms with Crippen molar-refractivity contribution in [2.45, 2.75) is 46.5 Å². The molecule has 0 aliphatic carbocycles. The molecule has 0 saturated heterocycles. The van der Waals surface area contributed by atoms with Crippen LogP contribution >= 0.6 is 0 Å². The molecule has 0 aromatic heterocycles. The predicted molar refractivity (Wildman–Crippen MR) is 82.4 cm³/mol. The Labute approximate surface area is 117 Å². The van der Waals surface area contributed by atoms with Crippen LogP contribution in [-0.4, -0.2) is 5.78 Å². The number of unbranched alkanes of at least 4 members (excludes halogenated alkanes) is 2. The van der Waals surface area contributed by atoms with E-state index in [-0.39, 0.29) is 5.78 Å². The molecule has 0 fully saturated rings. The summed E-state index contributed by atoms with van der Waals surface area (Å²) >= 11 is 0. The van der Waals surface area contributed by atoms with E-state index in [0.717, 1.165) is 5.56 Å². The van der Waals surface area contributed by atoms with Crippen molar-refractivity contribution < 1.29 is 4.79 Å². The number of hydrogen-bond donors (Lipinski definition) is 0. The van der Waals surface area contributed by atoms with Crippen LogP contribution in [0.15, 0.2) is 42.5 Å². The summed E-state index contributed by atoms with van der Waals surface area (Å²) in [5.74, 6) is 1.22. The third-order valence-corrected chi connectivity index (χ3v) is 3.55. The van der Waals surface area contributed by atoms with Gasteiger partial charge in [-0.3, -0.25) is 4.79 Å². The maximum Gasteiger partial charge on any atom is 0.185 e. The molecule has 0 aliphatic rings. The van der Waals surface area contributed by atoms with Crippen LogP contribution in [0.5, 0.6) is 0 Å². The molecule has 1 aromatic rings. The quantitative estimate of drug-likeness (QED) is 0.352. The van der Waals surface area contributed by atoms with Crippen LogP contribution in [0.2, 0.25) is 0 Å². The Morgan fingerprint density at radius 2 is 1.84 bits per heavy atom. The number of carbonyl (C=O) groups is 1. The van der Waals surface area contributed by atoms with Gasteiger partial charge in [-0.05, 0) is 24.3 Å². The standard InChI is InChI=1S/C18H26O/c1-4-5-7-10-16(15(2)3)13-14-18(19)17-11-8-6-9-12-17/h6,8-9,11-16H,4-5,7,10H2,1-3H3/b14-13+/t16-/m0/s1. The normalized spacial score (nSPS) is 13.1. The van der Waals surface area contributed by atoms with E-state index in [0.29, 0.717) is 11.8 Å². The number of ketones is 1. The highest BCUT2D eigenvalue weighted by molar-refractivity contribution is 6.04. The highest BCUT2D eigenvalue weighted by Gasteiger charge is 2.10. The van der Waals surface area contributed by atoms with E-state index >= 15 is 0 Å². The van der Waals surface area contributed by atoms with Crippen LogP contribution in [0.25, 0.3) is 0 Å². The number of carbonyl (C=O) groups excluding carboxylic acids is 1. The second-order valence-corrected chi connectivity index (χ2v) is 5.49. The van der Waals surface area contributed by atoms with Gasteiger partial charge in [-0.1, -0.05) is 76.4 Å². The maximum absolute atomic E-state index is 12.0. The van der Waals surface area contributed by atoms with Gasteiger partial charge in [-0.25, -0.2) is 0 Å². The van der Waals surface area contributed by atoms with Crippen molar-refractivity contribution in [3.8, 4) is 0 Å². The van der Waals surface area contributed by atoms with Crippen molar-refractivity contribution in [1.29, 1.82) is 0 Å². The summed E-state index contributed by atoms with van der Waals surface area (Å²) in [7, 11) is 0. The first-order valence-corrected chi connectivity index (χ1v) is 7.42. The topological polar surface area (TPSA) is 17.1 Å². The molecule has 0 bridgehead atoms. The van der Waals surface area contributed by atoms with Gasteiger partial charge in [0.2, 0.25) is 0 Å². The minimum Gasteiger partial charge on any atom is -0.289 e. The van der Waals surface area contributed by atoms with Crippen molar-refractivity contribution in [2.75, 3.05) is 0 Å². The monoisotopic (exact) mass is 258 g/mol. The first-order chi connectivity index (χ1) is 9.15. The molecule has 0 spiro atoms. The van der Waals surface area contributed by atoms with Crippen LogP contribution in [0.1, 0.15) is 56.8 Å². The molecule has 0 N–H and O–H groups in total. The van der Waals surface area contributed by atoms with Gasteiger partial charge in [0.05, 0.1) is 0 Å². The summed E-state index contributed by atoms with van der Waals surface area (Å²) in [6, 6.07) is 9.48. The molecule has 19 heavy (non-hydrogen) atoms. The first-order valence-electron chi connectivity index (χ1n) is 7.42. The Morgan fingerprint density at radius 3 is 2.42 bits per heavy atom. The maximum atomic E-state index is 12.0. The van der Waals surface area contributed by atoms with Crippen LogP contribution in [-0.2, 0) is 0 Å². The van der Waals surface area contributed by atoms with E-state index in [1.54, 1.807) is 6.08 Å². The van der Waals surface area contributed by atoms with Crippen LogP contribution in [0.4, 0.5) is 0 Å². The molecule has 1 atom stereocenters. The highest BCUT2D eigenvalue weighted by Crippen LogP contribution is 2.20. The molecule has 1 heteroatoms. The van der Waals surface area contributed by atoms with Crippen molar-refractivity contribution in [3.63, 3.8) is 0 Å². The van der Waals surface area contributed by atoms with E-state index in [4.69, 9.17) is 0 Å². The van der Waals surface area contributed by atoms with E-state index in [1.807, 2.05) is 30.3 Å². The number of hydrogen-bond acceptors (Lipinski definition) is 1. The zero-order valence-corrected chi connectivity index (χ0v) is 12.4. The van der Waals surface area contributed by atoms with E-state index in [9.17, 15) is 4.79 Å². The lowest BCUT2D eigenvalue weighted by atomic mass is 9.89. The molecule has 0 amide bonds. The second-order valence-electron chi connectivity index (χ2n) is 5.49. The molecule has 104 valence electrons. The lowest BCUT2D eigenvalue weighted by molar-refractivity contribution is 0.104. The van der Waals surface area contributed by atoms with Crippen molar-refractivity contribution in [1.82, 2.24) is 0 Å². The van der Waals surface area contributed by atoms with E-state index in [1.165, 1.54) is 25.7 Å². The van der Waals surface area contributed by atoms with Gasteiger partial charge in [0.25, 0.3) is 0 Å². The van der Waals surface area contributed by atoms with E-state index in [2.05, 4.69) is 26.8 Å². The molecule has 0 aliphatic heterocycles. The van der Waals surface area contributed by atoms with Gasteiger partial charge in [-0.2, -0.15) is 0 Å². The van der Waals surface area contributed by atoms with Gasteiger partial charge < -0.3 is 0 Å². The molecule has 1 nitrogen and oxygen atoms in total. The zero-order valence-electron chi connectivity index (χ0n) is 12.4. The first kappa shape index (κ1) is 15.7. The Hall–Kier alpha value is -1.37. The van der Waals surface area contributed by atoms with Crippen molar-refractivity contribution >= 4 is 5.78 Å². The lowest BCUT2D eigenvalue weighted by Crippen LogP contribution is -2.06. The Morgan fingerprint density at radius 1 is 1.16 bits per heavy atom. The summed E-state index contributed by atoms with van der Waals surface area (Å²) in [5, 5.41) is 0. The average Bonchev–Trinajstić information content (AvgIpc) is 2.43. The Balaban J connectivity index is 2.58. The SMILES string of the molecule is CCCCC[C@@H](/C=C/C(=O)c1ccccc1)C(C)C. The zero-order chi connectivity index (χ0) is 14.1. The smallest absolute Gasteiger partial charge is 0.185 e. The summed E-state index contributed by atoms with van der Waals surface area (Å²) in [4.78, 5) is 12.0. The Kier molecular flexibility index (Phi) is 7.17. The Bertz CT molecular complexity index is 389. The highest BCUT2D eigenvalue weighted by atomic mass is 16.1. The molecule has 0 heterocycles. The number of benzene rings is 1. The molecule has 1 aromatic carbocycles. The summed E-state index contributed by atoms with van der Waals surface area (Å²) in [6.07, 6.45) is 8.83. The summed E-state index contributed by atoms with van der Waals surface area (Å²) < 4.78 is 0. The van der Waals surface area contributed by atoms with E-state index < -0.39 is 0 Å². The predicted octanol–water partition coefficient (Wildman–Crippen LogP) is 5.28. The fourth-order valence-corrected chi connectivity index (χ4v) is 2.19. The molecule has 0 unspecified atom stereocenters. The minimum atomic E-state index is 0.113. The van der Waals surface area contributed by atoms with Crippen LogP contribution < -0.4 is 0 Å². The van der Waals surface area contributed by atoms with Crippen molar-refractivity contribution in [3.05, 3.63) is 48.0 Å². The van der Waals surface area contributed by atoms with Gasteiger partial charge >= 0.3 is 0 Å². The second kappa shape index (κ2) is 8.68. The van der Waals surface area contributed by atoms with Crippen LogP contribution in [0.3, 0.4) is 0 Å². The third-order valence-electron chi connectivity index (χ3n) is 3.55. The summed E-state index contributed by atoms with van der Waals surface area (Å²) in [6.45, 7) is 6.68. The van der Waals surface area contributed by atoms with Gasteiger partial charge in [0, 0.05) is 5.56 Å². The van der Waals surface area contributed by atoms with Crippen LogP contribution in [0, 0.1) is 11.8 Å². The minimum absolute atomic E-state index is 0.113. The van der Waals surface area contributed by atoms with Gasteiger partial charge in [0.15, 0.2) is 5.78 Å². The number of allylic oxidation sites excluding steroid dienone is 2. The molecule has 1 rings (SSSR count). The lowest BCUT2D eigenvalue weighted by Gasteiger charge is -2.16. The fourth-order valence-electron chi connectivity index (χ4n) is 2.19. The average molecular weight is 258 g/mol. The van der Waals surface area contributed by atoms with Crippen molar-refractivity contribution in [2.24, 2.45) is 11.8 Å². The fraction of sp³-hybridized carbons (Fsp3) is 0.500. The molecule has 0 saturated carbocycles. The molecular weight excluding hydrogens is 232 g/mol.